The number of carboxylic acid groups (broad SMARTS) is 2. The van der Waals surface area contributed by atoms with Gasteiger partial charge in [0.05, 0.1) is 25.1 Å². The second-order valence-corrected chi connectivity index (χ2v) is 34.9. The van der Waals surface area contributed by atoms with E-state index in [2.05, 4.69) is 52.8 Å². The van der Waals surface area contributed by atoms with Crippen LogP contribution in [0.1, 0.15) is 126 Å². The topological polar surface area (TPSA) is 560 Å². The van der Waals surface area contributed by atoms with Gasteiger partial charge in [0.15, 0.2) is 17.5 Å². The first-order chi connectivity index (χ1) is 64.1. The Kier molecular flexibility index (Phi) is 38.1. The molecule has 726 valence electrons. The molecule has 3 aliphatic heterocycles. The van der Waals surface area contributed by atoms with E-state index < -0.39 is 283 Å². The number of hydrogen-bond acceptors (Lipinski definition) is 20. The molecule has 38 nitrogen and oxygen atoms in total. The van der Waals surface area contributed by atoms with Crippen LogP contribution in [0.25, 0.3) is 10.9 Å². The molecule has 5 aromatic carbocycles. The predicted molar refractivity (Wildman–Crippen MR) is 480 cm³/mol. The average molecular weight is 1900 g/mol. The molecule has 1 aromatic heterocycles. The van der Waals surface area contributed by atoms with Gasteiger partial charge < -0.3 is 104 Å². The first kappa shape index (κ1) is 105. The number of benzene rings is 5. The van der Waals surface area contributed by atoms with Crippen LogP contribution >= 0.6 is 11.8 Å². The van der Waals surface area contributed by atoms with Gasteiger partial charge in [-0.1, -0.05) is 106 Å². The maximum atomic E-state index is 15.7. The van der Waals surface area contributed by atoms with E-state index in [4.69, 9.17) is 11.5 Å². The molecule has 0 unspecified atom stereocenters. The summed E-state index contributed by atoms with van der Waals surface area (Å²) in [6.07, 6.45) is -3.65. The van der Waals surface area contributed by atoms with Gasteiger partial charge in [0, 0.05) is 95.6 Å². The van der Waals surface area contributed by atoms with Crippen molar-refractivity contribution in [3.05, 3.63) is 173 Å². The summed E-state index contributed by atoms with van der Waals surface area (Å²) in [6.45, 7) is 3.49. The number of likely N-dealkylation sites (N-methyl/N-ethyl adjacent to an activating group) is 3. The Hall–Kier alpha value is -14.0. The van der Waals surface area contributed by atoms with Crippen LogP contribution in [0, 0.1) is 29.2 Å². The molecule has 0 spiro atoms. The first-order valence-electron chi connectivity index (χ1n) is 44.0. The number of aromatic hydroxyl groups is 1. The second-order valence-electron chi connectivity index (χ2n) is 33.9. The molecule has 0 saturated carbocycles. The zero-order chi connectivity index (χ0) is 98.8. The quantitative estimate of drug-likeness (QED) is 0.0298. The van der Waals surface area contributed by atoms with Crippen LogP contribution in [-0.2, 0) is 118 Å². The number of rotatable bonds is 24. The number of aliphatic carboxylic acids is 2. The van der Waals surface area contributed by atoms with Crippen molar-refractivity contribution >= 4 is 129 Å². The molecule has 9 rings (SSSR count). The molecule has 17 N–H and O–H groups in total. The van der Waals surface area contributed by atoms with Crippen molar-refractivity contribution < 1.29 is 119 Å². The van der Waals surface area contributed by atoms with Gasteiger partial charge in [-0.25, -0.2) is 17.6 Å². The standard InChI is InChI=1S/C92H113F4N17O21S/c1-7-8-21-70-91(133)113-35-16-23-69(113)86(128)105-64(43-76(118)119)84(126)108-79(49(2)3)92(134)110(5)71(40-50-17-10-9-11-18-50)87(129)106-66(44-77(120)121)89(131)112-34-15-14-22-68(112)85(127)104-63(42-54-45-99-60-20-13-12-19-57(54)60)83(125)103-62(38-51-26-30-56(114)31-27-51)82(124)102-61(32-33-73(97)115)81(123)107-67(80(122)100-46-74(98)116)47-135-48-75(117)101-65(39-53-36-58(94)78(96)59(95)37-53)88(130)111(6)72(90(132)109(70)4)41-52-24-28-55(93)29-25-52/h9-13,17-20,24-31,36-37,45,49,61-72,79,99,114H,7-8,14-16,21-23,32-35,38-44,46-48H2,1-6H3,(H2,97,115)(H2,98,116)(H,100,122)(H,101,117)(H,102,124)(H,103,125)(H,104,127)(H,105,128)(H,106,129)(H,107,123)(H,108,126)(H,118,119)(H,120,121)/t61-,62-,63+,64-,65-,66-,67-,68+,69+,70-,71-,72-,79+/m0/s1. The SMILES string of the molecule is CCCC[C@H]1C(=O)N2CCC[C@@H]2C(=O)N[C@@H](CC(=O)O)C(=O)N[C@H](C(C)C)C(=O)N(C)[C@@H](Cc2ccccc2)C(=O)N[C@@H](CC(=O)O)C(=O)N2CCCC[C@@H]2C(=O)N[C@H](Cc2c[nH]c3ccccc23)C(=O)N[C@@H](Cc2ccc(O)cc2)C(=O)N[C@@H](CCC(N)=O)C(=O)N[C@H](C(=O)NCC(N)=O)CSCC(=O)N[C@@H](Cc2cc(F)c(F)c(F)c2)C(=O)N(C)[C@@H](Cc2ccc(F)cc2)C(=O)N1C. The lowest BCUT2D eigenvalue weighted by Gasteiger charge is -2.38. The number of unbranched alkanes of at least 4 members (excludes halogenated alkanes) is 1. The largest absolute Gasteiger partial charge is 0.508 e. The molecule has 6 aromatic rings. The summed E-state index contributed by atoms with van der Waals surface area (Å²) in [5.41, 5.74) is 12.4. The fourth-order valence-corrected chi connectivity index (χ4v) is 17.2. The third-order valence-corrected chi connectivity index (χ3v) is 24.7. The number of nitrogens with zero attached hydrogens (tertiary/aromatic N) is 5. The third kappa shape index (κ3) is 29.2. The van der Waals surface area contributed by atoms with Crippen LogP contribution < -0.4 is 59.3 Å². The lowest BCUT2D eigenvalue weighted by molar-refractivity contribution is -0.152. The number of nitrogens with two attached hydrogens (primary N) is 2. The summed E-state index contributed by atoms with van der Waals surface area (Å²) < 4.78 is 59.8. The lowest BCUT2D eigenvalue weighted by atomic mass is 9.97. The smallest absolute Gasteiger partial charge is 0.305 e. The van der Waals surface area contributed by atoms with Crippen LogP contribution in [0.5, 0.6) is 5.75 Å². The molecule has 43 heteroatoms. The van der Waals surface area contributed by atoms with Crippen LogP contribution in [-0.4, -0.2) is 282 Å². The number of phenolic OH excluding ortho intramolecular Hbond substituents is 1. The number of para-hydroxylation sites is 1. The number of thioether (sulfide) groups is 1. The van der Waals surface area contributed by atoms with Crippen molar-refractivity contribution in [2.75, 3.05) is 52.3 Å². The van der Waals surface area contributed by atoms with Gasteiger partial charge >= 0.3 is 11.9 Å². The van der Waals surface area contributed by atoms with E-state index in [1.54, 1.807) is 67.7 Å². The van der Waals surface area contributed by atoms with Gasteiger partial charge in [-0.15, -0.1) is 11.8 Å². The van der Waals surface area contributed by atoms with E-state index in [0.29, 0.717) is 52.3 Å². The van der Waals surface area contributed by atoms with Crippen LogP contribution in [0.3, 0.4) is 0 Å². The van der Waals surface area contributed by atoms with Crippen LogP contribution in [0.15, 0.2) is 121 Å². The van der Waals surface area contributed by atoms with Crippen molar-refractivity contribution in [2.24, 2.45) is 17.4 Å². The lowest BCUT2D eigenvalue weighted by Crippen LogP contribution is -2.63. The number of carbonyl (C=O) groups is 18. The maximum absolute atomic E-state index is 15.7. The fraction of sp³-hybridized carbons (Fsp3) is 0.457. The molecule has 0 radical (unpaired) electrons. The molecule has 0 bridgehead atoms. The Bertz CT molecular complexity index is 5330. The minimum absolute atomic E-state index is 0.103. The molecule has 135 heavy (non-hydrogen) atoms. The number of carboxylic acids is 2. The highest BCUT2D eigenvalue weighted by molar-refractivity contribution is 8.00. The number of H-pyrrole nitrogens is 1. The van der Waals surface area contributed by atoms with E-state index in [1.165, 1.54) is 64.3 Å². The van der Waals surface area contributed by atoms with Crippen molar-refractivity contribution in [3.8, 4) is 5.75 Å². The summed E-state index contributed by atoms with van der Waals surface area (Å²) in [5, 5.41) is 54.3. The van der Waals surface area contributed by atoms with E-state index in [1.807, 2.05) is 0 Å². The summed E-state index contributed by atoms with van der Waals surface area (Å²) >= 11 is 0.567. The molecule has 16 amide bonds. The predicted octanol–water partition coefficient (Wildman–Crippen LogP) is 1.08. The molecule has 3 fully saturated rings. The Morgan fingerprint density at radius 2 is 1.01 bits per heavy atom. The van der Waals surface area contributed by atoms with Gasteiger partial charge in [-0.3, -0.25) is 86.3 Å². The summed E-state index contributed by atoms with van der Waals surface area (Å²) in [6, 6.07) is 2.91. The number of piperidine rings is 1. The number of primary amides is 2. The number of fused-ring (bicyclic) bond motifs is 3. The van der Waals surface area contributed by atoms with Gasteiger partial charge in [0.1, 0.15) is 90.1 Å². The molecule has 4 heterocycles. The van der Waals surface area contributed by atoms with Gasteiger partial charge in [0.2, 0.25) is 94.5 Å². The number of aromatic amines is 1. The van der Waals surface area contributed by atoms with Crippen LogP contribution in [0.4, 0.5) is 17.6 Å². The number of nitrogens with one attached hydrogen (secondary N) is 10. The van der Waals surface area contributed by atoms with Gasteiger partial charge in [-0.05, 0) is 121 Å². The summed E-state index contributed by atoms with van der Waals surface area (Å²) in [4.78, 5) is 271. The monoisotopic (exact) mass is 1900 g/mol. The van der Waals surface area contributed by atoms with Gasteiger partial charge in [0.25, 0.3) is 0 Å². The van der Waals surface area contributed by atoms with Crippen molar-refractivity contribution in [3.63, 3.8) is 0 Å². The highest BCUT2D eigenvalue weighted by atomic mass is 32.2. The van der Waals surface area contributed by atoms with Crippen molar-refractivity contribution in [2.45, 2.75) is 208 Å². The van der Waals surface area contributed by atoms with Crippen LogP contribution in [0.2, 0.25) is 0 Å². The molecule has 0 aliphatic carbocycles. The molecule has 3 saturated heterocycles. The zero-order valence-corrected chi connectivity index (χ0v) is 76.0. The number of halogens is 4. The van der Waals surface area contributed by atoms with E-state index in [9.17, 15) is 67.3 Å². The number of aromatic nitrogens is 1. The normalized spacial score (nSPS) is 23.4. The highest BCUT2D eigenvalue weighted by Gasteiger charge is 2.47. The molecular formula is C92H113F4N17O21S. The Balaban J connectivity index is 1.14. The third-order valence-electron chi connectivity index (χ3n) is 23.7. The van der Waals surface area contributed by atoms with E-state index in [-0.39, 0.29) is 87.8 Å². The number of amides is 16. The average Bonchev–Trinajstić information content (AvgIpc) is 1.68. The molecular weight excluding hydrogens is 1790 g/mol. The van der Waals surface area contributed by atoms with Crippen molar-refractivity contribution in [1.82, 2.24) is 77.3 Å². The van der Waals surface area contributed by atoms with Gasteiger partial charge in [-0.2, -0.15) is 0 Å². The minimum atomic E-state index is -2.01. The fourth-order valence-electron chi connectivity index (χ4n) is 16.3. The summed E-state index contributed by atoms with van der Waals surface area (Å²) in [7, 11) is 3.48. The minimum Gasteiger partial charge on any atom is -0.508 e. The Labute approximate surface area is 778 Å². The number of phenols is 1. The molecule has 3 aliphatic rings. The highest BCUT2D eigenvalue weighted by Crippen LogP contribution is 2.29. The van der Waals surface area contributed by atoms with E-state index in [0.717, 1.165) is 43.7 Å². The Morgan fingerprint density at radius 3 is 1.64 bits per heavy atom. The van der Waals surface area contributed by atoms with E-state index >= 15 is 51.9 Å². The first-order valence-corrected chi connectivity index (χ1v) is 45.2. The summed E-state index contributed by atoms with van der Waals surface area (Å²) in [5.74, 6) is -29.4. The zero-order valence-electron chi connectivity index (χ0n) is 75.2. The Morgan fingerprint density at radius 1 is 0.496 bits per heavy atom. The maximum Gasteiger partial charge on any atom is 0.305 e. The number of carbonyl (C=O) groups excluding carboxylic acids is 16. The number of hydrogen-bond donors (Lipinski definition) is 15. The second kappa shape index (κ2) is 49.1. The van der Waals surface area contributed by atoms with Crippen molar-refractivity contribution in [1.29, 1.82) is 0 Å². The molecule has 13 atom stereocenters.